The third-order valence-electron chi connectivity index (χ3n) is 10.4. The van der Waals surface area contributed by atoms with Gasteiger partial charge in [0.25, 0.3) is 0 Å². The zero-order chi connectivity index (χ0) is 34.4. The lowest BCUT2D eigenvalue weighted by Gasteiger charge is -2.26. The van der Waals surface area contributed by atoms with Crippen molar-refractivity contribution in [2.45, 2.75) is 31.7 Å². The van der Waals surface area contributed by atoms with Gasteiger partial charge >= 0.3 is 0 Å². The summed E-state index contributed by atoms with van der Waals surface area (Å²) in [6.45, 7) is 0. The van der Waals surface area contributed by atoms with Crippen molar-refractivity contribution in [2.75, 3.05) is 0 Å². The summed E-state index contributed by atoms with van der Waals surface area (Å²) in [5.74, 6) is 2.54. The van der Waals surface area contributed by atoms with E-state index in [0.717, 1.165) is 76.3 Å². The molecule has 0 radical (unpaired) electrons. The van der Waals surface area contributed by atoms with Gasteiger partial charge in [0, 0.05) is 22.2 Å². The number of aliphatic imine (C=N–C) groups is 1. The van der Waals surface area contributed by atoms with Crippen molar-refractivity contribution < 1.29 is 8.83 Å². The number of aromatic nitrogens is 1. The predicted octanol–water partition coefficient (Wildman–Crippen LogP) is 11.8. The van der Waals surface area contributed by atoms with Crippen LogP contribution in [0.15, 0.2) is 165 Å². The fourth-order valence-corrected chi connectivity index (χ4v) is 7.58. The molecule has 0 saturated heterocycles. The lowest BCUT2D eigenvalue weighted by molar-refractivity contribution is 0.595. The molecule has 0 saturated carbocycles. The first-order chi connectivity index (χ1) is 25.7. The minimum atomic E-state index is -0.162. The average Bonchev–Trinajstić information content (AvgIpc) is 3.83. The number of benzene rings is 5. The molecule has 0 spiro atoms. The Morgan fingerprint density at radius 3 is 2.17 bits per heavy atom. The van der Waals surface area contributed by atoms with Crippen LogP contribution < -0.4 is 5.32 Å². The van der Waals surface area contributed by atoms with Gasteiger partial charge in [-0.2, -0.15) is 0 Å². The number of nitrogens with zero attached hydrogens (tertiary/aromatic N) is 2. The van der Waals surface area contributed by atoms with Crippen molar-refractivity contribution in [3.63, 3.8) is 0 Å². The van der Waals surface area contributed by atoms with E-state index < -0.39 is 0 Å². The van der Waals surface area contributed by atoms with Crippen LogP contribution in [0.2, 0.25) is 0 Å². The molecule has 3 aliphatic rings. The molecule has 1 atom stereocenters. The van der Waals surface area contributed by atoms with Crippen LogP contribution in [0.25, 0.3) is 62.0 Å². The molecule has 5 aromatic carbocycles. The van der Waals surface area contributed by atoms with Gasteiger partial charge in [0.15, 0.2) is 5.58 Å². The number of furan rings is 1. The Balaban J connectivity index is 0.973. The van der Waals surface area contributed by atoms with E-state index in [-0.39, 0.29) is 6.04 Å². The first kappa shape index (κ1) is 30.4. The second-order valence-electron chi connectivity index (χ2n) is 13.7. The fourth-order valence-electron chi connectivity index (χ4n) is 7.58. The third kappa shape index (κ3) is 5.61. The van der Waals surface area contributed by atoms with Crippen molar-refractivity contribution in [1.82, 2.24) is 10.3 Å². The van der Waals surface area contributed by atoms with E-state index in [0.29, 0.717) is 5.89 Å². The maximum Gasteiger partial charge on any atom is 0.227 e. The fraction of sp³-hybridized carbons (Fsp3) is 0.106. The first-order valence-corrected chi connectivity index (χ1v) is 18.0. The minimum absolute atomic E-state index is 0.162. The summed E-state index contributed by atoms with van der Waals surface area (Å²) in [6.07, 6.45) is 15.0. The van der Waals surface area contributed by atoms with E-state index >= 15 is 0 Å². The molecule has 5 nitrogen and oxygen atoms in total. The summed E-state index contributed by atoms with van der Waals surface area (Å²) >= 11 is 0. The molecule has 0 fully saturated rings. The topological polar surface area (TPSA) is 63.6 Å². The van der Waals surface area contributed by atoms with Gasteiger partial charge < -0.3 is 14.2 Å². The van der Waals surface area contributed by atoms with Crippen LogP contribution in [-0.4, -0.2) is 10.8 Å². The Labute approximate surface area is 302 Å². The SMILES string of the molecule is C1=Cc2oc3cc(C4=CC=C(C5=NC(c6ccc(-c7nc8ccccc8o7)cc6)C=C(c6ccc(-c7ccccc7)cc6)N5)CC4)ccc3c2CC1. The number of hydrogen-bond acceptors (Lipinski definition) is 5. The van der Waals surface area contributed by atoms with Crippen molar-refractivity contribution in [2.24, 2.45) is 4.99 Å². The second-order valence-corrected chi connectivity index (χ2v) is 13.7. The van der Waals surface area contributed by atoms with E-state index in [1.54, 1.807) is 0 Å². The zero-order valence-electron chi connectivity index (χ0n) is 28.6. The average molecular weight is 674 g/mol. The van der Waals surface area contributed by atoms with Crippen LogP contribution in [0.3, 0.4) is 0 Å². The molecule has 2 aliphatic carbocycles. The molecule has 3 heterocycles. The van der Waals surface area contributed by atoms with E-state index in [1.807, 2.05) is 24.3 Å². The highest BCUT2D eigenvalue weighted by Gasteiger charge is 2.23. The smallest absolute Gasteiger partial charge is 0.227 e. The standard InChI is InChI=1S/C47H35N3O2/c1-2-8-30(9-3-1)31-14-18-33(19-15-31)41-29-42(34-20-24-36(25-21-34)47-50-40-11-5-7-13-44(40)52-47)49-46(48-41)35-22-16-32(17-23-35)37-26-27-39-38-10-4-6-12-43(38)51-45(39)28-37/h1-3,5-9,11-16,18-22,24-29,42H,4,10,17,23H2,(H,48,49). The van der Waals surface area contributed by atoms with E-state index in [9.17, 15) is 0 Å². The van der Waals surface area contributed by atoms with Gasteiger partial charge in [-0.05, 0) is 107 Å². The Kier molecular flexibility index (Phi) is 7.42. The number of amidine groups is 1. The van der Waals surface area contributed by atoms with Crippen molar-refractivity contribution in [1.29, 1.82) is 0 Å². The highest BCUT2D eigenvalue weighted by atomic mass is 16.3. The van der Waals surface area contributed by atoms with Crippen LogP contribution in [0.4, 0.5) is 0 Å². The van der Waals surface area contributed by atoms with Crippen LogP contribution in [0.1, 0.15) is 53.3 Å². The molecule has 0 amide bonds. The maximum atomic E-state index is 6.25. The van der Waals surface area contributed by atoms with Gasteiger partial charge in [0.05, 0.1) is 6.04 Å². The predicted molar refractivity (Wildman–Crippen MR) is 211 cm³/mol. The van der Waals surface area contributed by atoms with E-state index in [1.165, 1.54) is 38.8 Å². The molecule has 52 heavy (non-hydrogen) atoms. The van der Waals surface area contributed by atoms with Gasteiger partial charge in [-0.1, -0.05) is 109 Å². The molecule has 1 unspecified atom stereocenters. The first-order valence-electron chi connectivity index (χ1n) is 18.0. The van der Waals surface area contributed by atoms with Crippen molar-refractivity contribution in [3.05, 3.63) is 179 Å². The van der Waals surface area contributed by atoms with Gasteiger partial charge in [-0.3, -0.25) is 4.99 Å². The lowest BCUT2D eigenvalue weighted by Crippen LogP contribution is -2.29. The largest absolute Gasteiger partial charge is 0.456 e. The number of hydrogen-bond donors (Lipinski definition) is 1. The highest BCUT2D eigenvalue weighted by molar-refractivity contribution is 6.05. The molecule has 250 valence electrons. The number of rotatable bonds is 6. The molecule has 1 aliphatic heterocycles. The van der Waals surface area contributed by atoms with Crippen LogP contribution in [-0.2, 0) is 6.42 Å². The Bertz CT molecular complexity index is 2600. The highest BCUT2D eigenvalue weighted by Crippen LogP contribution is 2.37. The molecule has 2 aromatic heterocycles. The number of nitrogens with one attached hydrogen (secondary N) is 1. The molecule has 5 heteroatoms. The van der Waals surface area contributed by atoms with Crippen LogP contribution in [0, 0.1) is 0 Å². The van der Waals surface area contributed by atoms with E-state index in [4.69, 9.17) is 18.8 Å². The summed E-state index contributed by atoms with van der Waals surface area (Å²) in [4.78, 5) is 10.0. The number of oxazole rings is 1. The van der Waals surface area contributed by atoms with E-state index in [2.05, 4.69) is 133 Å². The maximum absolute atomic E-state index is 6.25. The molecule has 7 aromatic rings. The number of allylic oxidation sites excluding steroid dienone is 4. The molecular formula is C47H35N3O2. The Morgan fingerprint density at radius 2 is 1.35 bits per heavy atom. The van der Waals surface area contributed by atoms with Gasteiger partial charge in [-0.25, -0.2) is 4.98 Å². The minimum Gasteiger partial charge on any atom is -0.456 e. The summed E-state index contributed by atoms with van der Waals surface area (Å²) in [6, 6.07) is 42.1. The van der Waals surface area contributed by atoms with Crippen molar-refractivity contribution in [3.8, 4) is 22.6 Å². The quantitative estimate of drug-likeness (QED) is 0.191. The summed E-state index contributed by atoms with van der Waals surface area (Å²) in [5, 5.41) is 4.96. The number of fused-ring (bicyclic) bond motifs is 4. The normalized spacial score (nSPS) is 16.9. The Morgan fingerprint density at radius 1 is 0.615 bits per heavy atom. The van der Waals surface area contributed by atoms with Crippen LogP contribution >= 0.6 is 0 Å². The zero-order valence-corrected chi connectivity index (χ0v) is 28.6. The summed E-state index contributed by atoms with van der Waals surface area (Å²) in [5.41, 5.74) is 14.3. The van der Waals surface area contributed by atoms with Gasteiger partial charge in [0.2, 0.25) is 5.89 Å². The van der Waals surface area contributed by atoms with Crippen LogP contribution in [0.5, 0.6) is 0 Å². The van der Waals surface area contributed by atoms with Crippen molar-refractivity contribution >= 4 is 45.3 Å². The number of para-hydroxylation sites is 2. The Hall–Kier alpha value is -6.46. The monoisotopic (exact) mass is 673 g/mol. The third-order valence-corrected chi connectivity index (χ3v) is 10.4. The lowest BCUT2D eigenvalue weighted by atomic mass is 9.91. The molecule has 0 bridgehead atoms. The molecular weight excluding hydrogens is 639 g/mol. The molecule has 10 rings (SSSR count). The second kappa shape index (κ2) is 12.7. The summed E-state index contributed by atoms with van der Waals surface area (Å²) < 4.78 is 12.3. The molecule has 1 N–H and O–H groups in total. The van der Waals surface area contributed by atoms with Gasteiger partial charge in [0.1, 0.15) is 22.7 Å². The summed E-state index contributed by atoms with van der Waals surface area (Å²) in [7, 11) is 0. The number of aryl methyl sites for hydroxylation is 1. The van der Waals surface area contributed by atoms with Gasteiger partial charge in [-0.15, -0.1) is 0 Å².